The van der Waals surface area contributed by atoms with Gasteiger partial charge in [0, 0.05) is 19.9 Å². The lowest BCUT2D eigenvalue weighted by molar-refractivity contribution is -0.119. The molecule has 0 aliphatic heterocycles. The van der Waals surface area contributed by atoms with Gasteiger partial charge < -0.3 is 10.2 Å². The molecule has 0 atom stereocenters. The number of carbonyl (C=O) groups excluding carboxylic acids is 2. The van der Waals surface area contributed by atoms with Crippen LogP contribution in [0.4, 0.5) is 0 Å². The highest BCUT2D eigenvalue weighted by Gasteiger charge is 2.09. The van der Waals surface area contributed by atoms with Crippen molar-refractivity contribution in [3.8, 4) is 0 Å². The van der Waals surface area contributed by atoms with Crippen LogP contribution < -0.4 is 10.9 Å². The lowest BCUT2D eigenvalue weighted by Gasteiger charge is -2.04. The van der Waals surface area contributed by atoms with Crippen LogP contribution in [0.5, 0.6) is 0 Å². The Hall–Kier alpha value is -1.88. The van der Waals surface area contributed by atoms with Crippen molar-refractivity contribution in [1.82, 2.24) is 10.9 Å². The number of hydrazine groups is 1. The molecule has 0 aliphatic carbocycles. The third kappa shape index (κ3) is 9.35. The first-order chi connectivity index (χ1) is 8.58. The van der Waals surface area contributed by atoms with Crippen LogP contribution >= 0.6 is 0 Å². The minimum Gasteiger partial charge on any atom is -0.385 e. The van der Waals surface area contributed by atoms with Gasteiger partial charge in [-0.05, 0) is 26.3 Å². The third-order valence-corrected chi connectivity index (χ3v) is 1.78. The van der Waals surface area contributed by atoms with Crippen molar-refractivity contribution in [1.29, 1.82) is 0 Å². The van der Waals surface area contributed by atoms with E-state index >= 15 is 0 Å². The number of hydrogen-bond donors (Lipinski definition) is 2. The molecular weight excluding hydrogens is 232 g/mol. The van der Waals surface area contributed by atoms with Crippen LogP contribution in [0.25, 0.3) is 0 Å². The molecule has 0 unspecified atom stereocenters. The van der Waals surface area contributed by atoms with Gasteiger partial charge in [-0.3, -0.25) is 15.0 Å². The van der Waals surface area contributed by atoms with Gasteiger partial charge in [-0.25, -0.2) is 0 Å². The minimum atomic E-state index is -0.476. The molecule has 0 bridgehead atoms. The molecule has 0 radical (unpaired) electrons. The van der Waals surface area contributed by atoms with Gasteiger partial charge >= 0.3 is 0 Å². The first-order valence-corrected chi connectivity index (χ1v) is 5.53. The van der Waals surface area contributed by atoms with Gasteiger partial charge in [0.15, 0.2) is 6.29 Å². The second-order valence-electron chi connectivity index (χ2n) is 3.09. The van der Waals surface area contributed by atoms with E-state index in [9.17, 15) is 9.59 Å². The van der Waals surface area contributed by atoms with Crippen molar-refractivity contribution in [2.45, 2.75) is 20.8 Å². The fourth-order valence-electron chi connectivity index (χ4n) is 0.849. The SMILES string of the molecule is C=CNNC(=O)/C(C=O)=C(C)/C=C\C.CCOC. The van der Waals surface area contributed by atoms with E-state index in [0.29, 0.717) is 11.9 Å². The summed E-state index contributed by atoms with van der Waals surface area (Å²) >= 11 is 0. The number of carbonyl (C=O) groups is 2. The second-order valence-corrected chi connectivity index (χ2v) is 3.09. The molecule has 0 fully saturated rings. The zero-order valence-corrected chi connectivity index (χ0v) is 11.4. The van der Waals surface area contributed by atoms with E-state index < -0.39 is 5.91 Å². The summed E-state index contributed by atoms with van der Waals surface area (Å²) < 4.78 is 4.54. The van der Waals surface area contributed by atoms with Crippen LogP contribution in [-0.2, 0) is 14.3 Å². The lowest BCUT2D eigenvalue weighted by atomic mass is 10.1. The Morgan fingerprint density at radius 1 is 1.44 bits per heavy atom. The van der Waals surface area contributed by atoms with Crippen LogP contribution in [0.2, 0.25) is 0 Å². The topological polar surface area (TPSA) is 67.4 Å². The summed E-state index contributed by atoms with van der Waals surface area (Å²) in [4.78, 5) is 21.9. The van der Waals surface area contributed by atoms with Crippen LogP contribution in [0.3, 0.4) is 0 Å². The van der Waals surface area contributed by atoms with E-state index in [4.69, 9.17) is 0 Å². The van der Waals surface area contributed by atoms with Gasteiger partial charge in [0.05, 0.1) is 5.57 Å². The number of ether oxygens (including phenoxy) is 1. The Morgan fingerprint density at radius 3 is 2.33 bits per heavy atom. The summed E-state index contributed by atoms with van der Waals surface area (Å²) in [6, 6.07) is 0. The number of hydrogen-bond acceptors (Lipinski definition) is 4. The predicted octanol–water partition coefficient (Wildman–Crippen LogP) is 1.49. The van der Waals surface area contributed by atoms with Crippen molar-refractivity contribution in [3.05, 3.63) is 36.1 Å². The highest BCUT2D eigenvalue weighted by atomic mass is 16.5. The van der Waals surface area contributed by atoms with Gasteiger partial charge in [-0.2, -0.15) is 0 Å². The molecule has 0 aromatic rings. The van der Waals surface area contributed by atoms with E-state index in [0.717, 1.165) is 6.61 Å². The van der Waals surface area contributed by atoms with Crippen LogP contribution in [0.15, 0.2) is 36.1 Å². The number of rotatable bonds is 6. The maximum atomic E-state index is 11.3. The molecule has 0 rings (SSSR count). The summed E-state index contributed by atoms with van der Waals surface area (Å²) in [5.74, 6) is -0.476. The molecule has 0 saturated carbocycles. The molecular formula is C13H22N2O3. The quantitative estimate of drug-likeness (QED) is 0.188. The van der Waals surface area contributed by atoms with E-state index in [2.05, 4.69) is 22.2 Å². The molecule has 0 aromatic carbocycles. The average molecular weight is 254 g/mol. The molecule has 1 amide bonds. The van der Waals surface area contributed by atoms with E-state index in [1.807, 2.05) is 13.8 Å². The second kappa shape index (κ2) is 13.2. The largest absolute Gasteiger partial charge is 0.385 e. The highest BCUT2D eigenvalue weighted by molar-refractivity contribution is 6.11. The van der Waals surface area contributed by atoms with E-state index in [1.54, 1.807) is 26.2 Å². The minimum absolute atomic E-state index is 0.0949. The van der Waals surface area contributed by atoms with Gasteiger partial charge in [-0.15, -0.1) is 0 Å². The van der Waals surface area contributed by atoms with E-state index in [-0.39, 0.29) is 5.57 Å². The van der Waals surface area contributed by atoms with Crippen molar-refractivity contribution in [3.63, 3.8) is 0 Å². The van der Waals surface area contributed by atoms with Gasteiger partial charge in [0.1, 0.15) is 0 Å². The Bertz CT molecular complexity index is 318. The number of allylic oxidation sites excluding steroid dienone is 3. The van der Waals surface area contributed by atoms with Gasteiger partial charge in [-0.1, -0.05) is 18.7 Å². The monoisotopic (exact) mass is 254 g/mol. The summed E-state index contributed by atoms with van der Waals surface area (Å²) in [5.41, 5.74) is 5.41. The molecule has 0 spiro atoms. The number of aldehydes is 1. The number of nitrogens with one attached hydrogen (secondary N) is 2. The molecule has 102 valence electrons. The smallest absolute Gasteiger partial charge is 0.273 e. The Balaban J connectivity index is 0. The molecule has 5 nitrogen and oxygen atoms in total. The number of amides is 1. The highest BCUT2D eigenvalue weighted by Crippen LogP contribution is 2.02. The summed E-state index contributed by atoms with van der Waals surface area (Å²) in [6.07, 6.45) is 5.28. The van der Waals surface area contributed by atoms with Gasteiger partial charge in [0.25, 0.3) is 5.91 Å². The maximum Gasteiger partial charge on any atom is 0.273 e. The molecule has 18 heavy (non-hydrogen) atoms. The standard InChI is InChI=1S/C10H14N2O2.C3H8O/c1-4-6-8(3)9(7-13)10(14)12-11-5-2;1-3-4-2/h4-7,11H,2H2,1,3H3,(H,12,14);3H2,1-2H3/b6-4-,9-8+;. The summed E-state index contributed by atoms with van der Waals surface area (Å²) in [7, 11) is 1.68. The van der Waals surface area contributed by atoms with Crippen LogP contribution in [0.1, 0.15) is 20.8 Å². The third-order valence-electron chi connectivity index (χ3n) is 1.78. The molecule has 5 heteroatoms. The first-order valence-electron chi connectivity index (χ1n) is 5.53. The lowest BCUT2D eigenvalue weighted by Crippen LogP contribution is -2.35. The Labute approximate surface area is 109 Å². The van der Waals surface area contributed by atoms with E-state index in [1.165, 1.54) is 6.20 Å². The predicted molar refractivity (Wildman–Crippen MR) is 72.6 cm³/mol. The van der Waals surface area contributed by atoms with Crippen molar-refractivity contribution in [2.75, 3.05) is 13.7 Å². The summed E-state index contributed by atoms with van der Waals surface area (Å²) in [6.45, 7) is 9.64. The molecule has 0 aromatic heterocycles. The normalized spacial score (nSPS) is 10.9. The van der Waals surface area contributed by atoms with Crippen molar-refractivity contribution < 1.29 is 14.3 Å². The zero-order valence-electron chi connectivity index (χ0n) is 11.4. The Morgan fingerprint density at radius 2 is 2.00 bits per heavy atom. The number of methoxy groups -OCH3 is 1. The van der Waals surface area contributed by atoms with Gasteiger partial charge in [0.2, 0.25) is 0 Å². The maximum absolute atomic E-state index is 11.3. The Kier molecular flexibility index (Phi) is 13.5. The average Bonchev–Trinajstić information content (AvgIpc) is 2.37. The molecule has 0 saturated heterocycles. The molecule has 2 N–H and O–H groups in total. The fourth-order valence-corrected chi connectivity index (χ4v) is 0.849. The van der Waals surface area contributed by atoms with Crippen LogP contribution in [0, 0.1) is 0 Å². The van der Waals surface area contributed by atoms with Crippen molar-refractivity contribution >= 4 is 12.2 Å². The zero-order chi connectivity index (χ0) is 14.4. The molecule has 0 heterocycles. The van der Waals surface area contributed by atoms with Crippen LogP contribution in [-0.4, -0.2) is 25.9 Å². The first kappa shape index (κ1) is 18.5. The fraction of sp³-hybridized carbons (Fsp3) is 0.385. The summed E-state index contributed by atoms with van der Waals surface area (Å²) in [5, 5.41) is 0. The van der Waals surface area contributed by atoms with Crippen molar-refractivity contribution in [2.24, 2.45) is 0 Å². The molecule has 0 aliphatic rings.